The van der Waals surface area contributed by atoms with Crippen LogP contribution in [0.3, 0.4) is 0 Å². The fraction of sp³-hybridized carbons (Fsp3) is 0.643. The molecule has 20 heavy (non-hydrogen) atoms. The van der Waals surface area contributed by atoms with E-state index in [1.807, 2.05) is 19.9 Å². The van der Waals surface area contributed by atoms with Crippen LogP contribution in [0.25, 0.3) is 0 Å². The summed E-state index contributed by atoms with van der Waals surface area (Å²) in [4.78, 5) is 5.66. The fourth-order valence-electron chi connectivity index (χ4n) is 2.25. The molecule has 0 aromatic carbocycles. The van der Waals surface area contributed by atoms with Gasteiger partial charge in [0.25, 0.3) is 0 Å². The Balaban J connectivity index is 2.16. The number of hydrogen-bond acceptors (Lipinski definition) is 3. The normalized spacial score (nSPS) is 15.4. The van der Waals surface area contributed by atoms with Crippen LogP contribution in [-0.4, -0.2) is 30.3 Å². The van der Waals surface area contributed by atoms with Crippen LogP contribution in [0, 0.1) is 6.92 Å². The predicted molar refractivity (Wildman–Crippen MR) is 72.8 cm³/mol. The minimum atomic E-state index is -4.20. The zero-order chi connectivity index (χ0) is 14.8. The highest BCUT2D eigenvalue weighted by Gasteiger charge is 2.39. The molecule has 0 unspecified atom stereocenters. The van der Waals surface area contributed by atoms with E-state index in [2.05, 4.69) is 10.3 Å². The minimum Gasteiger partial charge on any atom is -0.344 e. The molecule has 2 rings (SSSR count). The monoisotopic (exact) mass is 287 g/mol. The van der Waals surface area contributed by atoms with E-state index < -0.39 is 12.7 Å². The van der Waals surface area contributed by atoms with Gasteiger partial charge in [-0.1, -0.05) is 6.92 Å². The topological polar surface area (TPSA) is 28.2 Å². The van der Waals surface area contributed by atoms with Gasteiger partial charge in [0.15, 0.2) is 0 Å². The Morgan fingerprint density at radius 3 is 2.60 bits per heavy atom. The summed E-state index contributed by atoms with van der Waals surface area (Å²) in [5.41, 5.74) is 1.80. The average molecular weight is 287 g/mol. The lowest BCUT2D eigenvalue weighted by Crippen LogP contribution is -2.37. The van der Waals surface area contributed by atoms with E-state index in [0.29, 0.717) is 12.4 Å². The molecule has 1 aliphatic rings. The Bertz CT molecular complexity index is 455. The Hall–Kier alpha value is -1.30. The second kappa shape index (κ2) is 5.99. The SMILES string of the molecule is CCNCc1cnc(N(CC(F)(F)F)C2CC2)c(C)c1. The van der Waals surface area contributed by atoms with E-state index in [0.717, 1.165) is 30.5 Å². The molecule has 0 bridgehead atoms. The molecule has 0 spiro atoms. The number of nitrogens with zero attached hydrogens (tertiary/aromatic N) is 2. The van der Waals surface area contributed by atoms with Crippen molar-refractivity contribution >= 4 is 5.82 Å². The molecular weight excluding hydrogens is 267 g/mol. The average Bonchev–Trinajstić information content (AvgIpc) is 3.17. The summed E-state index contributed by atoms with van der Waals surface area (Å²) in [6.45, 7) is 4.45. The molecule has 1 heterocycles. The number of halogens is 3. The number of aryl methyl sites for hydroxylation is 1. The summed E-state index contributed by atoms with van der Waals surface area (Å²) >= 11 is 0. The summed E-state index contributed by atoms with van der Waals surface area (Å²) in [6, 6.07) is 1.90. The number of aromatic nitrogens is 1. The van der Waals surface area contributed by atoms with Crippen molar-refractivity contribution in [2.45, 2.75) is 45.5 Å². The summed E-state index contributed by atoms with van der Waals surface area (Å²) in [5, 5.41) is 3.18. The van der Waals surface area contributed by atoms with Crippen molar-refractivity contribution in [3.05, 3.63) is 23.4 Å². The molecule has 112 valence electrons. The molecule has 0 aliphatic heterocycles. The molecule has 3 nitrogen and oxygen atoms in total. The Kier molecular flexibility index (Phi) is 4.52. The molecule has 1 N–H and O–H groups in total. The van der Waals surface area contributed by atoms with E-state index in [1.54, 1.807) is 6.20 Å². The summed E-state index contributed by atoms with van der Waals surface area (Å²) in [7, 11) is 0. The van der Waals surface area contributed by atoms with Gasteiger partial charge >= 0.3 is 6.18 Å². The molecule has 1 aromatic rings. The molecule has 1 aromatic heterocycles. The van der Waals surface area contributed by atoms with Gasteiger partial charge < -0.3 is 10.2 Å². The van der Waals surface area contributed by atoms with Crippen LogP contribution in [0.2, 0.25) is 0 Å². The van der Waals surface area contributed by atoms with Crippen LogP contribution < -0.4 is 10.2 Å². The Morgan fingerprint density at radius 1 is 1.40 bits per heavy atom. The molecule has 0 radical (unpaired) electrons. The molecule has 6 heteroatoms. The van der Waals surface area contributed by atoms with Crippen LogP contribution in [0.4, 0.5) is 19.0 Å². The molecule has 1 saturated carbocycles. The van der Waals surface area contributed by atoms with Gasteiger partial charge in [-0.25, -0.2) is 4.98 Å². The zero-order valence-electron chi connectivity index (χ0n) is 11.8. The fourth-order valence-corrected chi connectivity index (χ4v) is 2.25. The second-order valence-corrected chi connectivity index (χ2v) is 5.24. The Labute approximate surface area is 117 Å². The van der Waals surface area contributed by atoms with E-state index in [1.165, 1.54) is 4.90 Å². The maximum absolute atomic E-state index is 12.7. The highest BCUT2D eigenvalue weighted by atomic mass is 19.4. The lowest BCUT2D eigenvalue weighted by Gasteiger charge is -2.26. The summed E-state index contributed by atoms with van der Waals surface area (Å²) < 4.78 is 38.0. The second-order valence-electron chi connectivity index (χ2n) is 5.24. The first kappa shape index (κ1) is 15.1. The highest BCUT2D eigenvalue weighted by Crippen LogP contribution is 2.34. The lowest BCUT2D eigenvalue weighted by atomic mass is 10.2. The maximum atomic E-state index is 12.7. The van der Waals surface area contributed by atoms with E-state index in [-0.39, 0.29) is 6.04 Å². The van der Waals surface area contributed by atoms with Crippen molar-refractivity contribution in [3.63, 3.8) is 0 Å². The quantitative estimate of drug-likeness (QED) is 0.871. The van der Waals surface area contributed by atoms with Crippen molar-refractivity contribution in [2.24, 2.45) is 0 Å². The van der Waals surface area contributed by atoms with Crippen LogP contribution in [0.1, 0.15) is 30.9 Å². The van der Waals surface area contributed by atoms with Gasteiger partial charge in [-0.3, -0.25) is 0 Å². The maximum Gasteiger partial charge on any atom is 0.405 e. The number of anilines is 1. The first-order chi connectivity index (χ1) is 9.40. The van der Waals surface area contributed by atoms with Crippen LogP contribution in [-0.2, 0) is 6.54 Å². The first-order valence-electron chi connectivity index (χ1n) is 6.90. The van der Waals surface area contributed by atoms with E-state index in [9.17, 15) is 13.2 Å². The lowest BCUT2D eigenvalue weighted by molar-refractivity contribution is -0.120. The molecular formula is C14H20F3N3. The minimum absolute atomic E-state index is 0.0116. The van der Waals surface area contributed by atoms with Gasteiger partial charge in [0, 0.05) is 18.8 Å². The third kappa shape index (κ3) is 4.10. The smallest absolute Gasteiger partial charge is 0.344 e. The van der Waals surface area contributed by atoms with Gasteiger partial charge in [-0.15, -0.1) is 0 Å². The molecule has 0 amide bonds. The van der Waals surface area contributed by atoms with Crippen molar-refractivity contribution in [2.75, 3.05) is 18.0 Å². The third-order valence-corrected chi connectivity index (χ3v) is 3.30. The summed E-state index contributed by atoms with van der Waals surface area (Å²) in [6.07, 6.45) is -0.900. The van der Waals surface area contributed by atoms with Gasteiger partial charge in [0.05, 0.1) is 0 Å². The number of nitrogens with one attached hydrogen (secondary N) is 1. The van der Waals surface area contributed by atoms with Crippen molar-refractivity contribution < 1.29 is 13.2 Å². The standard InChI is InChI=1S/C14H20F3N3/c1-3-18-7-11-6-10(2)13(19-8-11)20(12-4-5-12)9-14(15,16)17/h6,8,12,18H,3-5,7,9H2,1-2H3. The third-order valence-electron chi connectivity index (χ3n) is 3.30. The van der Waals surface area contributed by atoms with E-state index in [4.69, 9.17) is 0 Å². The number of pyridine rings is 1. The van der Waals surface area contributed by atoms with Gasteiger partial charge in [0.1, 0.15) is 12.4 Å². The number of hydrogen-bond donors (Lipinski definition) is 1. The highest BCUT2D eigenvalue weighted by molar-refractivity contribution is 5.49. The Morgan fingerprint density at radius 2 is 2.10 bits per heavy atom. The molecule has 1 fully saturated rings. The van der Waals surface area contributed by atoms with Crippen LogP contribution in [0.5, 0.6) is 0 Å². The number of alkyl halides is 3. The van der Waals surface area contributed by atoms with Gasteiger partial charge in [-0.05, 0) is 43.5 Å². The zero-order valence-corrected chi connectivity index (χ0v) is 11.8. The first-order valence-corrected chi connectivity index (χ1v) is 6.90. The van der Waals surface area contributed by atoms with Crippen molar-refractivity contribution in [1.29, 1.82) is 0 Å². The van der Waals surface area contributed by atoms with Crippen molar-refractivity contribution in [1.82, 2.24) is 10.3 Å². The van der Waals surface area contributed by atoms with E-state index >= 15 is 0 Å². The van der Waals surface area contributed by atoms with Crippen LogP contribution >= 0.6 is 0 Å². The summed E-state index contributed by atoms with van der Waals surface area (Å²) in [5.74, 6) is 0.463. The van der Waals surface area contributed by atoms with Gasteiger partial charge in [-0.2, -0.15) is 13.2 Å². The molecule has 0 saturated heterocycles. The largest absolute Gasteiger partial charge is 0.405 e. The molecule has 0 atom stereocenters. The van der Waals surface area contributed by atoms with Crippen LogP contribution in [0.15, 0.2) is 12.3 Å². The van der Waals surface area contributed by atoms with Crippen molar-refractivity contribution in [3.8, 4) is 0 Å². The van der Waals surface area contributed by atoms with Gasteiger partial charge in [0.2, 0.25) is 0 Å². The number of rotatable bonds is 6. The predicted octanol–water partition coefficient (Wildman–Crippen LogP) is 3.03. The molecule has 1 aliphatic carbocycles.